The van der Waals surface area contributed by atoms with Crippen molar-refractivity contribution in [2.24, 2.45) is 0 Å². The summed E-state index contributed by atoms with van der Waals surface area (Å²) in [5.41, 5.74) is 15.3. The molecule has 0 aliphatic heterocycles. The fraction of sp³-hybridized carbons (Fsp3) is 0.387. The third-order valence-electron chi connectivity index (χ3n) is 13.8. The van der Waals surface area contributed by atoms with Crippen LogP contribution in [-0.2, 0) is 54.8 Å². The number of carbonyl (C=O) groups is 2. The average Bonchev–Trinajstić information content (AvgIpc) is 3.30. The fourth-order valence-corrected chi connectivity index (χ4v) is 10.3. The first-order chi connectivity index (χ1) is 33.2. The van der Waals surface area contributed by atoms with Crippen LogP contribution in [0.5, 0.6) is 34.5 Å². The molecule has 70 heavy (non-hydrogen) atoms. The second-order valence-electron chi connectivity index (χ2n) is 21.9. The van der Waals surface area contributed by atoms with E-state index in [9.17, 15) is 9.59 Å². The highest BCUT2D eigenvalue weighted by atomic mass is 16.5. The molecule has 0 atom stereocenters. The Morgan fingerprint density at radius 3 is 0.686 bits per heavy atom. The Labute approximate surface area is 416 Å². The zero-order valence-corrected chi connectivity index (χ0v) is 44.2. The molecule has 0 unspecified atom stereocenters. The minimum Gasteiger partial charge on any atom is -0.496 e. The summed E-state index contributed by atoms with van der Waals surface area (Å²) in [6.07, 6.45) is 4.62. The van der Waals surface area contributed by atoms with Crippen LogP contribution >= 0.6 is 0 Å². The maximum Gasteiger partial charge on any atom is 0.150 e. The molecule has 0 aromatic heterocycles. The van der Waals surface area contributed by atoms with Crippen molar-refractivity contribution in [3.05, 3.63) is 173 Å². The lowest BCUT2D eigenvalue weighted by Gasteiger charge is -2.26. The van der Waals surface area contributed by atoms with Gasteiger partial charge in [-0.3, -0.25) is 9.59 Å². The number of carbonyl (C=O) groups excluding carboxylic acids is 2. The molecular weight excluding hydrogens is 873 g/mol. The van der Waals surface area contributed by atoms with E-state index in [1.165, 1.54) is 0 Å². The summed E-state index contributed by atoms with van der Waals surface area (Å²) in [5, 5.41) is 0. The van der Waals surface area contributed by atoms with Gasteiger partial charge in [0.1, 0.15) is 47.1 Å². The van der Waals surface area contributed by atoms with Crippen LogP contribution in [0.1, 0.15) is 166 Å². The molecule has 0 heterocycles. The molecule has 0 radical (unpaired) electrons. The molecule has 0 saturated carbocycles. The summed E-state index contributed by atoms with van der Waals surface area (Å²) in [6.45, 7) is 20.0. The van der Waals surface area contributed by atoms with Gasteiger partial charge in [0.05, 0.1) is 42.7 Å². The number of fused-ring (bicyclic) bond motifs is 12. The van der Waals surface area contributed by atoms with E-state index in [4.69, 9.17) is 28.4 Å². The van der Waals surface area contributed by atoms with Gasteiger partial charge in [-0.1, -0.05) is 117 Å². The first kappa shape index (κ1) is 51.3. The number of benzene rings is 6. The van der Waals surface area contributed by atoms with Crippen molar-refractivity contribution in [1.82, 2.24) is 0 Å². The first-order valence-corrected chi connectivity index (χ1v) is 24.2. The predicted octanol–water partition coefficient (Wildman–Crippen LogP) is 13.1. The largest absolute Gasteiger partial charge is 0.496 e. The molecule has 0 N–H and O–H groups in total. The zero-order chi connectivity index (χ0) is 50.9. The minimum absolute atomic E-state index is 0.192. The predicted molar refractivity (Wildman–Crippen MR) is 282 cm³/mol. The lowest BCUT2D eigenvalue weighted by Crippen LogP contribution is -2.15. The van der Waals surface area contributed by atoms with Gasteiger partial charge in [0.25, 0.3) is 0 Å². The number of hydrogen-bond donors (Lipinski definition) is 0. The van der Waals surface area contributed by atoms with Gasteiger partial charge >= 0.3 is 0 Å². The van der Waals surface area contributed by atoms with Gasteiger partial charge in [-0.05, 0) is 124 Å². The van der Waals surface area contributed by atoms with E-state index in [2.05, 4.69) is 117 Å². The molecular formula is C62H72O8. The Morgan fingerprint density at radius 1 is 0.314 bits per heavy atom. The molecule has 7 rings (SSSR count). The van der Waals surface area contributed by atoms with E-state index in [-0.39, 0.29) is 16.2 Å². The highest BCUT2D eigenvalue weighted by molar-refractivity contribution is 5.78. The summed E-state index contributed by atoms with van der Waals surface area (Å²) in [6, 6.07) is 27.5. The number of para-hydroxylation sites is 1. The van der Waals surface area contributed by atoms with Gasteiger partial charge in [-0.25, -0.2) is 0 Å². The lowest BCUT2D eigenvalue weighted by molar-refractivity contribution is 0.111. The van der Waals surface area contributed by atoms with E-state index in [1.54, 1.807) is 42.7 Å². The number of hydrogen-bond acceptors (Lipinski definition) is 8. The molecule has 0 amide bonds. The molecule has 368 valence electrons. The van der Waals surface area contributed by atoms with Crippen LogP contribution in [0.4, 0.5) is 0 Å². The summed E-state index contributed by atoms with van der Waals surface area (Å²) >= 11 is 0. The van der Waals surface area contributed by atoms with E-state index in [0.29, 0.717) is 61.2 Å². The summed E-state index contributed by atoms with van der Waals surface area (Å²) in [5.74, 6) is 4.47. The maximum atomic E-state index is 12.9. The molecule has 0 fully saturated rings. The minimum atomic E-state index is -0.235. The van der Waals surface area contributed by atoms with Crippen LogP contribution in [0.15, 0.2) is 78.9 Å². The standard InChI is InChI=1S/C62H72O8/c1-60(2,3)51-29-45-23-39-17-16-18-40(54(39)65-10)24-46-30-52(61(4,5)6)32-48(58(46)69-14)26-42-20-38(36-64)22-44(56(42)67-12)28-50-34-53(62(7,8)9)33-49(59(50)70-15)27-43-21-37(35-63)19-41(55(43)66-11)25-47(31-51)57(45)68-13/h16-22,29-36H,23-28H2,1-15H3. The van der Waals surface area contributed by atoms with Crippen molar-refractivity contribution in [2.75, 3.05) is 42.7 Å². The van der Waals surface area contributed by atoms with Gasteiger partial charge in [0.15, 0.2) is 0 Å². The third-order valence-corrected chi connectivity index (χ3v) is 13.8. The van der Waals surface area contributed by atoms with E-state index in [0.717, 1.165) is 119 Å². The Hall–Kier alpha value is -6.54. The van der Waals surface area contributed by atoms with Crippen LogP contribution < -0.4 is 28.4 Å². The van der Waals surface area contributed by atoms with Crippen molar-refractivity contribution in [3.8, 4) is 34.5 Å². The van der Waals surface area contributed by atoms with E-state index < -0.39 is 0 Å². The number of aldehydes is 2. The van der Waals surface area contributed by atoms with Gasteiger partial charge in [0.2, 0.25) is 0 Å². The Bertz CT molecular complexity index is 2750. The highest BCUT2D eigenvalue weighted by Gasteiger charge is 2.28. The normalized spacial score (nSPS) is 13.1. The van der Waals surface area contributed by atoms with Crippen LogP contribution in [0, 0.1) is 0 Å². The maximum absolute atomic E-state index is 12.9. The molecule has 1 aliphatic rings. The summed E-state index contributed by atoms with van der Waals surface area (Å²) in [4.78, 5) is 25.7. The third kappa shape index (κ3) is 10.6. The highest BCUT2D eigenvalue weighted by Crippen LogP contribution is 2.43. The molecule has 0 saturated heterocycles. The average molecular weight is 945 g/mol. The van der Waals surface area contributed by atoms with Gasteiger partial charge in [-0.15, -0.1) is 0 Å². The molecule has 12 bridgehead atoms. The Balaban J connectivity index is 1.58. The van der Waals surface area contributed by atoms with Crippen LogP contribution in [0.25, 0.3) is 0 Å². The molecule has 0 spiro atoms. The molecule has 8 heteroatoms. The Kier molecular flexibility index (Phi) is 15.0. The number of ether oxygens (including phenoxy) is 6. The van der Waals surface area contributed by atoms with Crippen molar-refractivity contribution in [3.63, 3.8) is 0 Å². The quantitative estimate of drug-likeness (QED) is 0.139. The van der Waals surface area contributed by atoms with Gasteiger partial charge < -0.3 is 28.4 Å². The Morgan fingerprint density at radius 2 is 0.500 bits per heavy atom. The topological polar surface area (TPSA) is 89.5 Å². The first-order valence-electron chi connectivity index (χ1n) is 24.2. The van der Waals surface area contributed by atoms with Gasteiger partial charge in [0, 0.05) is 49.7 Å². The summed E-state index contributed by atoms with van der Waals surface area (Å²) in [7, 11) is 10.3. The monoisotopic (exact) mass is 945 g/mol. The van der Waals surface area contributed by atoms with Crippen LogP contribution in [-0.4, -0.2) is 55.2 Å². The van der Waals surface area contributed by atoms with Crippen molar-refractivity contribution in [1.29, 1.82) is 0 Å². The van der Waals surface area contributed by atoms with Gasteiger partial charge in [-0.2, -0.15) is 0 Å². The number of rotatable bonds is 8. The van der Waals surface area contributed by atoms with E-state index in [1.807, 2.05) is 24.3 Å². The second kappa shape index (κ2) is 20.4. The number of methoxy groups -OCH3 is 6. The van der Waals surface area contributed by atoms with E-state index >= 15 is 0 Å². The van der Waals surface area contributed by atoms with Crippen molar-refractivity contribution < 1.29 is 38.0 Å². The van der Waals surface area contributed by atoms with Crippen molar-refractivity contribution >= 4 is 12.6 Å². The summed E-state index contributed by atoms with van der Waals surface area (Å²) < 4.78 is 38.3. The lowest BCUT2D eigenvalue weighted by atomic mass is 9.81. The molecule has 6 aromatic rings. The van der Waals surface area contributed by atoms with Crippen LogP contribution in [0.3, 0.4) is 0 Å². The second-order valence-corrected chi connectivity index (χ2v) is 21.9. The van der Waals surface area contributed by atoms with Crippen LogP contribution in [0.2, 0.25) is 0 Å². The SMILES string of the molecule is COc1c2cccc1Cc1cc(C(C)(C)C)cc(c1OC)Cc1cc(C=O)cc(c1OC)Cc1cc(C(C)(C)C)cc(c1OC)Cc1cc(C=O)cc(c1OC)Cc1cc(C(C)(C)C)cc(c1OC)C2. The molecule has 6 aromatic carbocycles. The fourth-order valence-electron chi connectivity index (χ4n) is 10.3. The smallest absolute Gasteiger partial charge is 0.150 e. The molecule has 8 nitrogen and oxygen atoms in total. The van der Waals surface area contributed by atoms with Crippen molar-refractivity contribution in [2.45, 2.75) is 117 Å². The molecule has 1 aliphatic carbocycles. The zero-order valence-electron chi connectivity index (χ0n) is 44.2.